The minimum Gasteiger partial charge on any atom is -0.469 e. The number of methoxy groups -OCH3 is 1. The van der Waals surface area contributed by atoms with E-state index in [1.165, 1.54) is 71.8 Å². The van der Waals surface area contributed by atoms with E-state index in [1.54, 1.807) is 18.7 Å². The van der Waals surface area contributed by atoms with Gasteiger partial charge in [-0.1, -0.05) is 106 Å². The Bertz CT molecular complexity index is 899. The standard InChI is InChI=1S/C18H36O2.C14H24O5S.C7H14O2/c1-5-7-8-9-10-11-12-13-14-15-16-20-17(19)18(3,4)6-2;1-9(2)13(16)18-6-12(15)7-19-14(17)11(5)8-20-10(3)4;1-5-7(2,3)6(8)9-4/h5-16H2,1-4H3;10-12,15H,1,6-8H2,2-5H3;5H2,1-4H3. The van der Waals surface area contributed by atoms with Crippen LogP contribution < -0.4 is 0 Å². The normalized spacial score (nSPS) is 12.4. The molecular formula is C39H74O9S. The summed E-state index contributed by atoms with van der Waals surface area (Å²) in [7, 11) is 1.42. The molecule has 0 radical (unpaired) electrons. The van der Waals surface area contributed by atoms with E-state index < -0.39 is 12.1 Å². The largest absolute Gasteiger partial charge is 0.469 e. The van der Waals surface area contributed by atoms with Gasteiger partial charge in [-0.2, -0.15) is 11.8 Å². The summed E-state index contributed by atoms with van der Waals surface area (Å²) >= 11 is 1.68. The maximum absolute atomic E-state index is 11.7. The molecule has 49 heavy (non-hydrogen) atoms. The zero-order chi connectivity index (χ0) is 38.5. The van der Waals surface area contributed by atoms with Crippen molar-refractivity contribution in [2.75, 3.05) is 32.7 Å². The lowest BCUT2D eigenvalue weighted by Crippen LogP contribution is -2.27. The Labute approximate surface area is 304 Å². The molecule has 2 atom stereocenters. The second-order valence-corrected chi connectivity index (χ2v) is 15.8. The number of esters is 4. The Morgan fingerprint density at radius 3 is 1.57 bits per heavy atom. The van der Waals surface area contributed by atoms with E-state index >= 15 is 0 Å². The number of unbranched alkanes of at least 4 members (excludes halogenated alkanes) is 9. The lowest BCUT2D eigenvalue weighted by Gasteiger charge is -2.20. The van der Waals surface area contributed by atoms with Crippen LogP contribution in [0.25, 0.3) is 0 Å². The second kappa shape index (κ2) is 30.7. The molecule has 0 saturated heterocycles. The van der Waals surface area contributed by atoms with Crippen LogP contribution in [0.3, 0.4) is 0 Å². The van der Waals surface area contributed by atoms with Gasteiger partial charge in [0.2, 0.25) is 0 Å². The highest BCUT2D eigenvalue weighted by Gasteiger charge is 2.27. The van der Waals surface area contributed by atoms with Crippen molar-refractivity contribution in [2.45, 2.75) is 165 Å². The maximum atomic E-state index is 11.7. The van der Waals surface area contributed by atoms with Crippen LogP contribution in [-0.4, -0.2) is 73.0 Å². The van der Waals surface area contributed by atoms with E-state index in [9.17, 15) is 24.3 Å². The first-order chi connectivity index (χ1) is 22.8. The summed E-state index contributed by atoms with van der Waals surface area (Å²) in [6.45, 7) is 24.9. The predicted molar refractivity (Wildman–Crippen MR) is 202 cm³/mol. The molecule has 0 aromatic heterocycles. The summed E-state index contributed by atoms with van der Waals surface area (Å²) < 4.78 is 19.6. The van der Waals surface area contributed by atoms with Crippen LogP contribution in [0.2, 0.25) is 0 Å². The van der Waals surface area contributed by atoms with Crippen molar-refractivity contribution in [3.63, 3.8) is 0 Å². The first kappa shape index (κ1) is 51.3. The smallest absolute Gasteiger partial charge is 0.333 e. The van der Waals surface area contributed by atoms with Gasteiger partial charge in [-0.3, -0.25) is 14.4 Å². The van der Waals surface area contributed by atoms with Gasteiger partial charge >= 0.3 is 23.9 Å². The van der Waals surface area contributed by atoms with Crippen molar-refractivity contribution in [2.24, 2.45) is 16.7 Å². The Kier molecular flexibility index (Phi) is 32.2. The number of aliphatic hydroxyl groups is 1. The molecule has 0 aromatic carbocycles. The van der Waals surface area contributed by atoms with Crippen molar-refractivity contribution >= 4 is 35.6 Å². The van der Waals surface area contributed by atoms with Crippen molar-refractivity contribution in [3.8, 4) is 0 Å². The number of thioether (sulfide) groups is 1. The average Bonchev–Trinajstić information content (AvgIpc) is 3.07. The van der Waals surface area contributed by atoms with Gasteiger partial charge in [0, 0.05) is 11.3 Å². The third kappa shape index (κ3) is 30.5. The fraction of sp³-hybridized carbons (Fsp3) is 0.846. The monoisotopic (exact) mass is 719 g/mol. The Morgan fingerprint density at radius 1 is 0.714 bits per heavy atom. The number of carbonyl (C=O) groups excluding carboxylic acids is 4. The minimum atomic E-state index is -1.02. The molecular weight excluding hydrogens is 644 g/mol. The topological polar surface area (TPSA) is 125 Å². The van der Waals surface area contributed by atoms with Gasteiger partial charge in [0.25, 0.3) is 0 Å². The first-order valence-electron chi connectivity index (χ1n) is 18.4. The van der Waals surface area contributed by atoms with E-state index in [0.29, 0.717) is 17.6 Å². The van der Waals surface area contributed by atoms with Gasteiger partial charge in [-0.05, 0) is 59.1 Å². The fourth-order valence-corrected chi connectivity index (χ4v) is 4.39. The fourth-order valence-electron chi connectivity index (χ4n) is 3.58. The van der Waals surface area contributed by atoms with E-state index in [1.807, 2.05) is 41.5 Å². The molecule has 0 rings (SSSR count). The molecule has 0 aliphatic heterocycles. The molecule has 0 heterocycles. The second-order valence-electron chi connectivity index (χ2n) is 14.2. The van der Waals surface area contributed by atoms with Crippen LogP contribution in [0.15, 0.2) is 12.2 Å². The number of aliphatic hydroxyl groups excluding tert-OH is 1. The van der Waals surface area contributed by atoms with Crippen molar-refractivity contribution in [1.29, 1.82) is 0 Å². The minimum absolute atomic E-state index is 0.0454. The summed E-state index contributed by atoms with van der Waals surface area (Å²) in [6, 6.07) is 0. The number of ether oxygens (including phenoxy) is 4. The van der Waals surface area contributed by atoms with E-state index in [2.05, 4.69) is 32.1 Å². The summed E-state index contributed by atoms with van der Waals surface area (Å²) in [4.78, 5) is 45.3. The van der Waals surface area contributed by atoms with Crippen LogP contribution in [0, 0.1) is 16.7 Å². The number of hydrogen-bond acceptors (Lipinski definition) is 10. The molecule has 0 saturated carbocycles. The number of hydrogen-bond donors (Lipinski definition) is 1. The van der Waals surface area contributed by atoms with Crippen LogP contribution >= 0.6 is 11.8 Å². The van der Waals surface area contributed by atoms with Crippen LogP contribution in [0.1, 0.15) is 153 Å². The van der Waals surface area contributed by atoms with Gasteiger partial charge < -0.3 is 24.1 Å². The number of carbonyl (C=O) groups is 4. The summed E-state index contributed by atoms with van der Waals surface area (Å²) in [5, 5.41) is 10.00. The van der Waals surface area contributed by atoms with Crippen molar-refractivity contribution in [1.82, 2.24) is 0 Å². The third-order valence-corrected chi connectivity index (χ3v) is 9.40. The molecule has 10 heteroatoms. The Balaban J connectivity index is -0.000000695. The van der Waals surface area contributed by atoms with E-state index in [0.717, 1.165) is 19.3 Å². The summed E-state index contributed by atoms with van der Waals surface area (Å²) in [5.74, 6) is -0.661. The Hall–Kier alpha value is -2.07. The lowest BCUT2D eigenvalue weighted by molar-refractivity contribution is -0.154. The third-order valence-electron chi connectivity index (χ3n) is 8.04. The molecule has 1 N–H and O–H groups in total. The van der Waals surface area contributed by atoms with E-state index in [4.69, 9.17) is 14.2 Å². The summed E-state index contributed by atoms with van der Waals surface area (Å²) in [5.41, 5.74) is -0.374. The van der Waals surface area contributed by atoms with Crippen LogP contribution in [0.5, 0.6) is 0 Å². The quantitative estimate of drug-likeness (QED) is 0.0447. The predicted octanol–water partition coefficient (Wildman–Crippen LogP) is 9.27. The molecule has 0 bridgehead atoms. The highest BCUT2D eigenvalue weighted by molar-refractivity contribution is 7.99. The van der Waals surface area contributed by atoms with Crippen molar-refractivity contribution < 1.29 is 43.2 Å². The van der Waals surface area contributed by atoms with Gasteiger partial charge in [-0.25, -0.2) is 4.79 Å². The number of rotatable bonds is 24. The highest BCUT2D eigenvalue weighted by Crippen LogP contribution is 2.22. The molecule has 0 fully saturated rings. The highest BCUT2D eigenvalue weighted by atomic mass is 32.2. The average molecular weight is 719 g/mol. The molecule has 0 spiro atoms. The van der Waals surface area contributed by atoms with Crippen molar-refractivity contribution in [3.05, 3.63) is 12.2 Å². The SMILES string of the molecule is C=C(C)C(=O)OCC(O)COC(=O)C(C)CSC(C)C.CCC(C)(C)C(=O)OC.CCCCCCCCCCCCOC(=O)C(C)(C)CC. The summed E-state index contributed by atoms with van der Waals surface area (Å²) in [6.07, 6.45) is 13.7. The zero-order valence-corrected chi connectivity index (χ0v) is 34.2. The van der Waals surface area contributed by atoms with Gasteiger partial charge in [-0.15, -0.1) is 0 Å². The van der Waals surface area contributed by atoms with Gasteiger partial charge in [0.15, 0.2) is 0 Å². The van der Waals surface area contributed by atoms with Gasteiger partial charge in [0.1, 0.15) is 19.3 Å². The zero-order valence-electron chi connectivity index (χ0n) is 33.4. The van der Waals surface area contributed by atoms with Crippen LogP contribution in [0.4, 0.5) is 0 Å². The molecule has 290 valence electrons. The molecule has 0 amide bonds. The Morgan fingerprint density at radius 2 is 1.16 bits per heavy atom. The lowest BCUT2D eigenvalue weighted by atomic mass is 9.91. The van der Waals surface area contributed by atoms with Gasteiger partial charge in [0.05, 0.1) is 30.5 Å². The first-order valence-corrected chi connectivity index (χ1v) is 19.4. The molecule has 9 nitrogen and oxygen atoms in total. The maximum Gasteiger partial charge on any atom is 0.333 e. The molecule has 2 unspecified atom stereocenters. The molecule has 0 aromatic rings. The van der Waals surface area contributed by atoms with Crippen LogP contribution in [-0.2, 0) is 38.1 Å². The molecule has 0 aliphatic rings. The molecule has 0 aliphatic carbocycles. The van der Waals surface area contributed by atoms with E-state index in [-0.39, 0.29) is 53.4 Å².